The van der Waals surface area contributed by atoms with Gasteiger partial charge in [-0.3, -0.25) is 4.79 Å². The van der Waals surface area contributed by atoms with Gasteiger partial charge in [-0.25, -0.2) is 4.39 Å². The van der Waals surface area contributed by atoms with Gasteiger partial charge in [0.05, 0.1) is 12.0 Å². The molecule has 0 spiro atoms. The standard InChI is InChI=1S/C25H28FNO2/c1-2-3-4-7-18-10-12-20(13-11-18)25(17-27)15-14-19(24(28)29)16-22(25)21-8-5-6-9-23(21)26/h4-9,14-16,18-20H,2-3,10-13H2,1H3,(H,28,29)/b7-4+. The van der Waals surface area contributed by atoms with Gasteiger partial charge in [-0.1, -0.05) is 61.9 Å². The number of nitriles is 1. The van der Waals surface area contributed by atoms with Gasteiger partial charge in [0.2, 0.25) is 0 Å². The fraction of sp³-hybridized carbons (Fsp3) is 0.440. The molecule has 0 amide bonds. The Hall–Kier alpha value is -2.67. The number of rotatable bonds is 6. The number of carboxylic acids is 1. The molecule has 0 radical (unpaired) electrons. The summed E-state index contributed by atoms with van der Waals surface area (Å²) >= 11 is 0. The second kappa shape index (κ2) is 9.22. The maximum atomic E-state index is 14.7. The molecule has 0 aliphatic heterocycles. The first-order chi connectivity index (χ1) is 14.0. The van der Waals surface area contributed by atoms with Gasteiger partial charge in [0.25, 0.3) is 0 Å². The Labute approximate surface area is 172 Å². The summed E-state index contributed by atoms with van der Waals surface area (Å²) in [7, 11) is 0. The van der Waals surface area contributed by atoms with Gasteiger partial charge in [0.15, 0.2) is 0 Å². The van der Waals surface area contributed by atoms with E-state index in [0.29, 0.717) is 17.1 Å². The Bertz CT molecular complexity index is 871. The lowest BCUT2D eigenvalue weighted by molar-refractivity contribution is -0.138. The van der Waals surface area contributed by atoms with E-state index in [9.17, 15) is 19.6 Å². The molecule has 2 aliphatic rings. The van der Waals surface area contributed by atoms with E-state index in [-0.39, 0.29) is 5.92 Å². The van der Waals surface area contributed by atoms with E-state index in [1.165, 1.54) is 6.07 Å². The quantitative estimate of drug-likeness (QED) is 0.589. The SMILES string of the molecule is CCC/C=C/C1CCC(C2(C#N)C=CC(C(=O)O)C=C2c2ccccc2F)CC1. The lowest BCUT2D eigenvalue weighted by Gasteiger charge is -2.41. The van der Waals surface area contributed by atoms with Gasteiger partial charge in [-0.05, 0) is 55.6 Å². The molecule has 2 atom stereocenters. The van der Waals surface area contributed by atoms with Crippen LogP contribution in [-0.4, -0.2) is 11.1 Å². The summed E-state index contributed by atoms with van der Waals surface area (Å²) in [4.78, 5) is 11.6. The molecule has 2 aliphatic carbocycles. The average Bonchev–Trinajstić information content (AvgIpc) is 2.74. The first-order valence-electron chi connectivity index (χ1n) is 10.5. The molecule has 1 aromatic rings. The highest BCUT2D eigenvalue weighted by Gasteiger charge is 2.45. The predicted molar refractivity (Wildman–Crippen MR) is 112 cm³/mol. The van der Waals surface area contributed by atoms with E-state index in [4.69, 9.17) is 0 Å². The van der Waals surface area contributed by atoms with Crippen molar-refractivity contribution in [2.45, 2.75) is 45.4 Å². The van der Waals surface area contributed by atoms with Crippen LogP contribution in [0.5, 0.6) is 0 Å². The molecule has 152 valence electrons. The highest BCUT2D eigenvalue weighted by atomic mass is 19.1. The molecule has 1 fully saturated rings. The van der Waals surface area contributed by atoms with Crippen LogP contribution >= 0.6 is 0 Å². The number of hydrogen-bond acceptors (Lipinski definition) is 2. The topological polar surface area (TPSA) is 61.1 Å². The van der Waals surface area contributed by atoms with Crippen molar-refractivity contribution in [2.75, 3.05) is 0 Å². The third-order valence-electron chi connectivity index (χ3n) is 6.27. The van der Waals surface area contributed by atoms with Gasteiger partial charge in [0, 0.05) is 5.56 Å². The Morgan fingerprint density at radius 2 is 2.03 bits per heavy atom. The van der Waals surface area contributed by atoms with Crippen LogP contribution in [0.25, 0.3) is 5.57 Å². The van der Waals surface area contributed by atoms with Crippen molar-refractivity contribution >= 4 is 11.5 Å². The molecule has 3 rings (SSSR count). The van der Waals surface area contributed by atoms with Crippen LogP contribution in [0, 0.1) is 40.3 Å². The Morgan fingerprint density at radius 3 is 2.66 bits per heavy atom. The lowest BCUT2D eigenvalue weighted by atomic mass is 9.60. The van der Waals surface area contributed by atoms with Crippen LogP contribution in [0.2, 0.25) is 0 Å². The minimum atomic E-state index is -0.994. The summed E-state index contributed by atoms with van der Waals surface area (Å²) in [6.07, 6.45) is 15.4. The number of halogens is 1. The Balaban J connectivity index is 1.93. The molecular weight excluding hydrogens is 365 g/mol. The number of aliphatic carboxylic acids is 1. The summed E-state index contributed by atoms with van der Waals surface area (Å²) < 4.78 is 14.7. The summed E-state index contributed by atoms with van der Waals surface area (Å²) in [5.74, 6) is -1.70. The summed E-state index contributed by atoms with van der Waals surface area (Å²) in [5, 5.41) is 19.7. The zero-order chi connectivity index (χ0) is 20.9. The molecule has 0 saturated heterocycles. The van der Waals surface area contributed by atoms with Crippen molar-refractivity contribution in [2.24, 2.45) is 23.2 Å². The van der Waals surface area contributed by atoms with Crippen molar-refractivity contribution in [3.63, 3.8) is 0 Å². The average molecular weight is 394 g/mol. The van der Waals surface area contributed by atoms with Crippen LogP contribution in [-0.2, 0) is 4.79 Å². The van der Waals surface area contributed by atoms with Crippen molar-refractivity contribution < 1.29 is 14.3 Å². The zero-order valence-electron chi connectivity index (χ0n) is 16.9. The second-order valence-electron chi connectivity index (χ2n) is 8.09. The van der Waals surface area contributed by atoms with Gasteiger partial charge >= 0.3 is 5.97 Å². The van der Waals surface area contributed by atoms with E-state index < -0.39 is 23.1 Å². The Morgan fingerprint density at radius 1 is 1.31 bits per heavy atom. The first-order valence-corrected chi connectivity index (χ1v) is 10.5. The maximum Gasteiger partial charge on any atom is 0.314 e. The van der Waals surface area contributed by atoms with Crippen LogP contribution < -0.4 is 0 Å². The summed E-state index contributed by atoms with van der Waals surface area (Å²) in [5.41, 5.74) is -0.167. The lowest BCUT2D eigenvalue weighted by Crippen LogP contribution is -2.34. The summed E-state index contributed by atoms with van der Waals surface area (Å²) in [6, 6.07) is 8.80. The molecule has 29 heavy (non-hydrogen) atoms. The number of nitrogens with zero attached hydrogens (tertiary/aromatic N) is 1. The molecule has 3 nitrogen and oxygen atoms in total. The number of benzene rings is 1. The van der Waals surface area contributed by atoms with Gasteiger partial charge in [-0.2, -0.15) is 5.26 Å². The van der Waals surface area contributed by atoms with Crippen LogP contribution in [0.1, 0.15) is 51.0 Å². The van der Waals surface area contributed by atoms with Crippen molar-refractivity contribution in [1.82, 2.24) is 0 Å². The molecule has 0 heterocycles. The predicted octanol–water partition coefficient (Wildman–Crippen LogP) is 6.15. The van der Waals surface area contributed by atoms with E-state index >= 15 is 0 Å². The number of carboxylic acid groups (broad SMARTS) is 1. The first kappa shape index (κ1) is 21.0. The van der Waals surface area contributed by atoms with E-state index in [0.717, 1.165) is 38.5 Å². The van der Waals surface area contributed by atoms with Crippen LogP contribution in [0.4, 0.5) is 4.39 Å². The van der Waals surface area contributed by atoms with E-state index in [1.807, 2.05) is 0 Å². The third-order valence-corrected chi connectivity index (χ3v) is 6.27. The smallest absolute Gasteiger partial charge is 0.314 e. The van der Waals surface area contributed by atoms with Gasteiger partial charge < -0.3 is 5.11 Å². The molecule has 0 aromatic heterocycles. The zero-order valence-corrected chi connectivity index (χ0v) is 16.9. The van der Waals surface area contributed by atoms with Crippen molar-refractivity contribution in [3.05, 3.63) is 66.0 Å². The fourth-order valence-corrected chi connectivity index (χ4v) is 4.63. The van der Waals surface area contributed by atoms with Gasteiger partial charge in [0.1, 0.15) is 11.2 Å². The monoisotopic (exact) mass is 393 g/mol. The molecular formula is C25H28FNO2. The molecule has 0 bridgehead atoms. The van der Waals surface area contributed by atoms with Crippen LogP contribution in [0.15, 0.2) is 54.6 Å². The normalized spacial score (nSPS) is 29.4. The third kappa shape index (κ3) is 4.34. The summed E-state index contributed by atoms with van der Waals surface area (Å²) in [6.45, 7) is 2.16. The molecule has 2 unspecified atom stereocenters. The number of unbranched alkanes of at least 4 members (excludes halogenated alkanes) is 1. The van der Waals surface area contributed by atoms with Crippen molar-refractivity contribution in [1.29, 1.82) is 5.26 Å². The van der Waals surface area contributed by atoms with Gasteiger partial charge in [-0.15, -0.1) is 0 Å². The van der Waals surface area contributed by atoms with Crippen LogP contribution in [0.3, 0.4) is 0 Å². The molecule has 1 N–H and O–H groups in total. The number of carbonyl (C=O) groups is 1. The van der Waals surface area contributed by atoms with Crippen molar-refractivity contribution in [3.8, 4) is 6.07 Å². The minimum absolute atomic E-state index is 0.0418. The highest BCUT2D eigenvalue weighted by molar-refractivity contribution is 5.84. The fourth-order valence-electron chi connectivity index (χ4n) is 4.63. The Kier molecular flexibility index (Phi) is 6.69. The second-order valence-corrected chi connectivity index (χ2v) is 8.09. The van der Waals surface area contributed by atoms with E-state index in [1.54, 1.807) is 36.4 Å². The maximum absolute atomic E-state index is 14.7. The van der Waals surface area contributed by atoms with E-state index in [2.05, 4.69) is 25.1 Å². The highest BCUT2D eigenvalue weighted by Crippen LogP contribution is 2.52. The number of allylic oxidation sites excluding steroid dienone is 4. The molecule has 1 aromatic carbocycles. The number of hydrogen-bond donors (Lipinski definition) is 1. The molecule has 1 saturated carbocycles. The molecule has 4 heteroatoms. The minimum Gasteiger partial charge on any atom is -0.481 e. The largest absolute Gasteiger partial charge is 0.481 e.